The van der Waals surface area contributed by atoms with Gasteiger partial charge < -0.3 is 5.32 Å². The zero-order valence-electron chi connectivity index (χ0n) is 5.85. The van der Waals surface area contributed by atoms with Crippen LogP contribution in [0.1, 0.15) is 13.3 Å². The van der Waals surface area contributed by atoms with Crippen LogP contribution in [0.2, 0.25) is 0 Å². The number of piperidine rings is 1. The third kappa shape index (κ3) is 0.584. The fraction of sp³-hybridized carbons (Fsp3) is 0.750. The minimum absolute atomic E-state index is 0.620. The number of nitrogens with one attached hydrogen (secondary N) is 1. The largest absolute Gasteiger partial charge is 0.310 e. The first-order valence-corrected chi connectivity index (χ1v) is 3.62. The molecule has 1 nitrogen and oxygen atoms in total. The molecule has 2 rings (SSSR count). The molecule has 0 spiro atoms. The first-order chi connectivity index (χ1) is 4.26. The lowest BCUT2D eigenvalue weighted by Gasteiger charge is -2.04. The van der Waals surface area contributed by atoms with Crippen molar-refractivity contribution < 1.29 is 0 Å². The SMILES string of the molecule is C=CC1NCC2(C)CC12. The van der Waals surface area contributed by atoms with Crippen LogP contribution in [0.25, 0.3) is 0 Å². The minimum atomic E-state index is 0.620. The summed E-state index contributed by atoms with van der Waals surface area (Å²) in [5.74, 6) is 0.912. The van der Waals surface area contributed by atoms with Crippen molar-refractivity contribution in [3.8, 4) is 0 Å². The number of hydrogen-bond donors (Lipinski definition) is 1. The summed E-state index contributed by atoms with van der Waals surface area (Å²) in [6, 6.07) is 0.620. The third-order valence-electron chi connectivity index (χ3n) is 2.85. The second-order valence-electron chi connectivity index (χ2n) is 3.61. The highest BCUT2D eigenvalue weighted by Gasteiger charge is 2.57. The monoisotopic (exact) mass is 123 g/mol. The van der Waals surface area contributed by atoms with Crippen molar-refractivity contribution in [2.75, 3.05) is 6.54 Å². The van der Waals surface area contributed by atoms with Crippen molar-refractivity contribution in [3.05, 3.63) is 12.7 Å². The van der Waals surface area contributed by atoms with Crippen LogP contribution in [-0.2, 0) is 0 Å². The Morgan fingerprint density at radius 3 is 2.78 bits per heavy atom. The van der Waals surface area contributed by atoms with Gasteiger partial charge in [0.05, 0.1) is 0 Å². The molecule has 0 radical (unpaired) electrons. The van der Waals surface area contributed by atoms with E-state index in [9.17, 15) is 0 Å². The molecule has 0 aromatic rings. The molecular formula is C8H13N. The van der Waals surface area contributed by atoms with E-state index in [1.807, 2.05) is 6.08 Å². The van der Waals surface area contributed by atoms with E-state index in [2.05, 4.69) is 18.8 Å². The van der Waals surface area contributed by atoms with Crippen molar-refractivity contribution in [1.29, 1.82) is 0 Å². The Bertz CT molecular complexity index is 153. The van der Waals surface area contributed by atoms with Crippen molar-refractivity contribution in [1.82, 2.24) is 5.32 Å². The number of rotatable bonds is 1. The van der Waals surface area contributed by atoms with Crippen LogP contribution >= 0.6 is 0 Å². The van der Waals surface area contributed by atoms with Gasteiger partial charge in [-0.2, -0.15) is 0 Å². The van der Waals surface area contributed by atoms with Crippen LogP contribution in [0.4, 0.5) is 0 Å². The predicted octanol–water partition coefficient (Wildman–Crippen LogP) is 1.17. The summed E-state index contributed by atoms with van der Waals surface area (Å²) in [6.45, 7) is 7.35. The van der Waals surface area contributed by atoms with Crippen molar-refractivity contribution in [2.24, 2.45) is 11.3 Å². The Hall–Kier alpha value is -0.300. The van der Waals surface area contributed by atoms with Crippen LogP contribution in [0.3, 0.4) is 0 Å². The smallest absolute Gasteiger partial charge is 0.0281 e. The van der Waals surface area contributed by atoms with Gasteiger partial charge >= 0.3 is 0 Å². The standard InChI is InChI=1S/C8H13N/c1-3-7-6-4-8(6,2)5-9-7/h3,6-7,9H,1,4-5H2,2H3. The van der Waals surface area contributed by atoms with Gasteiger partial charge in [0.15, 0.2) is 0 Å². The zero-order valence-corrected chi connectivity index (χ0v) is 5.85. The fourth-order valence-electron chi connectivity index (χ4n) is 1.95. The molecule has 1 N–H and O–H groups in total. The summed E-state index contributed by atoms with van der Waals surface area (Å²) in [5.41, 5.74) is 0.652. The van der Waals surface area contributed by atoms with Gasteiger partial charge in [-0.3, -0.25) is 0 Å². The third-order valence-corrected chi connectivity index (χ3v) is 2.85. The van der Waals surface area contributed by atoms with E-state index in [0.29, 0.717) is 11.5 Å². The van der Waals surface area contributed by atoms with Gasteiger partial charge in [-0.15, -0.1) is 6.58 Å². The highest BCUT2D eigenvalue weighted by atomic mass is 15.0. The Labute approximate surface area is 56.1 Å². The first kappa shape index (κ1) is 5.48. The Balaban J connectivity index is 2.12. The Morgan fingerprint density at radius 1 is 1.78 bits per heavy atom. The summed E-state index contributed by atoms with van der Waals surface area (Å²) >= 11 is 0. The summed E-state index contributed by atoms with van der Waals surface area (Å²) < 4.78 is 0. The maximum atomic E-state index is 3.79. The van der Waals surface area contributed by atoms with Crippen LogP contribution in [0, 0.1) is 11.3 Å². The molecule has 2 fully saturated rings. The summed E-state index contributed by atoms with van der Waals surface area (Å²) in [7, 11) is 0. The van der Waals surface area contributed by atoms with E-state index >= 15 is 0 Å². The molecule has 0 bridgehead atoms. The molecule has 1 aliphatic heterocycles. The van der Waals surface area contributed by atoms with Gasteiger partial charge in [0.25, 0.3) is 0 Å². The average Bonchev–Trinajstić information content (AvgIpc) is 2.39. The van der Waals surface area contributed by atoms with E-state index < -0.39 is 0 Å². The fourth-order valence-corrected chi connectivity index (χ4v) is 1.95. The first-order valence-electron chi connectivity index (χ1n) is 3.62. The van der Waals surface area contributed by atoms with E-state index in [0.717, 1.165) is 5.92 Å². The van der Waals surface area contributed by atoms with E-state index in [1.54, 1.807) is 0 Å². The highest BCUT2D eigenvalue weighted by Crippen LogP contribution is 2.57. The lowest BCUT2D eigenvalue weighted by molar-refractivity contribution is 0.573. The molecule has 0 aromatic carbocycles. The van der Waals surface area contributed by atoms with Crippen LogP contribution in [0.15, 0.2) is 12.7 Å². The summed E-state index contributed by atoms with van der Waals surface area (Å²) in [5, 5.41) is 3.43. The van der Waals surface area contributed by atoms with Gasteiger partial charge in [0.1, 0.15) is 0 Å². The molecule has 1 saturated carbocycles. The Kier molecular flexibility index (Phi) is 0.854. The lowest BCUT2D eigenvalue weighted by Crippen LogP contribution is -2.23. The normalized spacial score (nSPS) is 54.8. The van der Waals surface area contributed by atoms with E-state index in [-0.39, 0.29) is 0 Å². The van der Waals surface area contributed by atoms with Crippen LogP contribution in [0.5, 0.6) is 0 Å². The van der Waals surface area contributed by atoms with Gasteiger partial charge in [-0.05, 0) is 17.8 Å². The predicted molar refractivity (Wildman–Crippen MR) is 38.2 cm³/mol. The average molecular weight is 123 g/mol. The molecule has 9 heavy (non-hydrogen) atoms. The molecule has 50 valence electrons. The van der Waals surface area contributed by atoms with Gasteiger partial charge in [0.2, 0.25) is 0 Å². The molecule has 3 atom stereocenters. The maximum Gasteiger partial charge on any atom is 0.0281 e. The molecule has 1 aliphatic carbocycles. The van der Waals surface area contributed by atoms with Crippen molar-refractivity contribution in [3.63, 3.8) is 0 Å². The highest BCUT2D eigenvalue weighted by molar-refractivity contribution is 5.15. The van der Waals surface area contributed by atoms with E-state index in [4.69, 9.17) is 0 Å². The molecule has 2 aliphatic rings. The molecule has 0 amide bonds. The van der Waals surface area contributed by atoms with Crippen LogP contribution < -0.4 is 5.32 Å². The molecule has 1 heterocycles. The quantitative estimate of drug-likeness (QED) is 0.516. The van der Waals surface area contributed by atoms with Crippen molar-refractivity contribution in [2.45, 2.75) is 19.4 Å². The topological polar surface area (TPSA) is 12.0 Å². The number of fused-ring (bicyclic) bond motifs is 1. The lowest BCUT2D eigenvalue weighted by atomic mass is 10.1. The molecular weight excluding hydrogens is 110 g/mol. The zero-order chi connectivity index (χ0) is 6.48. The molecule has 0 aromatic heterocycles. The van der Waals surface area contributed by atoms with Crippen molar-refractivity contribution >= 4 is 0 Å². The summed E-state index contributed by atoms with van der Waals surface area (Å²) in [6.07, 6.45) is 3.46. The molecule has 1 heteroatoms. The number of hydrogen-bond acceptors (Lipinski definition) is 1. The second kappa shape index (κ2) is 1.40. The molecule has 3 unspecified atom stereocenters. The summed E-state index contributed by atoms with van der Waals surface area (Å²) in [4.78, 5) is 0. The Morgan fingerprint density at radius 2 is 2.56 bits per heavy atom. The van der Waals surface area contributed by atoms with Gasteiger partial charge in [-0.1, -0.05) is 13.0 Å². The minimum Gasteiger partial charge on any atom is -0.310 e. The molecule has 1 saturated heterocycles. The maximum absolute atomic E-state index is 3.79. The van der Waals surface area contributed by atoms with Gasteiger partial charge in [0, 0.05) is 12.6 Å². The second-order valence-corrected chi connectivity index (χ2v) is 3.61. The van der Waals surface area contributed by atoms with Gasteiger partial charge in [-0.25, -0.2) is 0 Å². The van der Waals surface area contributed by atoms with E-state index in [1.165, 1.54) is 13.0 Å². The van der Waals surface area contributed by atoms with Crippen LogP contribution in [-0.4, -0.2) is 12.6 Å².